The van der Waals surface area contributed by atoms with Crippen LogP contribution in [-0.4, -0.2) is 33.7 Å². The van der Waals surface area contributed by atoms with Gasteiger partial charge in [0, 0.05) is 0 Å². The van der Waals surface area contributed by atoms with E-state index in [0.717, 1.165) is 0 Å². The fraction of sp³-hybridized carbons (Fsp3) is 0.167. The normalized spacial score (nSPS) is 18.4. The van der Waals surface area contributed by atoms with Gasteiger partial charge in [-0.05, 0) is 31.2 Å². The third-order valence-electron chi connectivity index (χ3n) is 3.71. The molecule has 3 rings (SSSR count). The quantitative estimate of drug-likeness (QED) is 0.615. The Labute approximate surface area is 152 Å². The highest BCUT2D eigenvalue weighted by atomic mass is 32.2. The molecule has 0 aromatic heterocycles. The summed E-state index contributed by atoms with van der Waals surface area (Å²) in [6.07, 6.45) is 0. The van der Waals surface area contributed by atoms with E-state index < -0.39 is 33.6 Å². The van der Waals surface area contributed by atoms with Gasteiger partial charge in [0.1, 0.15) is 5.75 Å². The summed E-state index contributed by atoms with van der Waals surface area (Å²) in [5.41, 5.74) is 0.678. The van der Waals surface area contributed by atoms with E-state index in [1.165, 1.54) is 0 Å². The lowest BCUT2D eigenvalue weighted by atomic mass is 10.2. The number of hydrogen-bond donors (Lipinski definition) is 2. The van der Waals surface area contributed by atoms with Crippen molar-refractivity contribution < 1.29 is 23.3 Å². The number of hydrogen-bond acceptors (Lipinski definition) is 5. The molecule has 1 heterocycles. The predicted octanol–water partition coefficient (Wildman–Crippen LogP) is 1.72. The lowest BCUT2D eigenvalue weighted by Gasteiger charge is -2.22. The van der Waals surface area contributed by atoms with E-state index in [0.29, 0.717) is 28.6 Å². The van der Waals surface area contributed by atoms with E-state index in [4.69, 9.17) is 4.74 Å². The van der Waals surface area contributed by atoms with E-state index in [2.05, 4.69) is 10.6 Å². The van der Waals surface area contributed by atoms with Gasteiger partial charge in [0.2, 0.25) is 11.7 Å². The number of carbonyl (C=O) groups is 3. The van der Waals surface area contributed by atoms with Crippen LogP contribution in [0.25, 0.3) is 0 Å². The van der Waals surface area contributed by atoms with Gasteiger partial charge in [-0.3, -0.25) is 18.6 Å². The minimum absolute atomic E-state index is 0.301. The van der Waals surface area contributed by atoms with E-state index in [1.54, 1.807) is 55.5 Å². The molecular formula is C18H16N2O5S. The lowest BCUT2D eigenvalue weighted by molar-refractivity contribution is -0.136. The van der Waals surface area contributed by atoms with Gasteiger partial charge in [0.25, 0.3) is 5.91 Å². The number of rotatable bonds is 5. The summed E-state index contributed by atoms with van der Waals surface area (Å²) in [5.74, 6) is -2.46. The molecule has 8 heteroatoms. The Kier molecular flexibility index (Phi) is 5.13. The van der Waals surface area contributed by atoms with Crippen LogP contribution in [0.3, 0.4) is 0 Å². The number of benzene rings is 2. The minimum atomic E-state index is -1.95. The highest BCUT2D eigenvalue weighted by molar-refractivity contribution is 7.87. The zero-order valence-electron chi connectivity index (χ0n) is 13.9. The molecule has 0 fully saturated rings. The molecule has 26 heavy (non-hydrogen) atoms. The van der Waals surface area contributed by atoms with Crippen molar-refractivity contribution >= 4 is 39.8 Å². The van der Waals surface area contributed by atoms with Crippen molar-refractivity contribution in [1.82, 2.24) is 0 Å². The molecule has 0 aliphatic carbocycles. The molecule has 2 aromatic carbocycles. The standard InChI is InChI=1S/C18H16N2O5S/c1-2-25-13-9-5-3-7-11(13)19-17(22)15(21)16-18(23)20-12-8-4-6-10-14(12)26(16)24/h3-10,16H,2H2,1H3,(H,19,22)(H,20,23)/t16-,26-/m0/s1. The molecule has 0 bridgehead atoms. The van der Waals surface area contributed by atoms with Gasteiger partial charge in [0.15, 0.2) is 5.25 Å². The first-order valence-electron chi connectivity index (χ1n) is 7.90. The summed E-state index contributed by atoms with van der Waals surface area (Å²) < 4.78 is 18.0. The van der Waals surface area contributed by atoms with Crippen molar-refractivity contribution in [2.75, 3.05) is 17.2 Å². The molecule has 2 N–H and O–H groups in total. The Balaban J connectivity index is 1.82. The van der Waals surface area contributed by atoms with Crippen LogP contribution in [-0.2, 0) is 25.2 Å². The number of nitrogens with one attached hydrogen (secondary N) is 2. The topological polar surface area (TPSA) is 102 Å². The van der Waals surface area contributed by atoms with Crippen LogP contribution in [0.15, 0.2) is 53.4 Å². The number of carbonyl (C=O) groups excluding carboxylic acids is 3. The Morgan fingerprint density at radius 1 is 1.15 bits per heavy atom. The first-order valence-corrected chi connectivity index (χ1v) is 9.11. The van der Waals surface area contributed by atoms with Crippen molar-refractivity contribution in [3.05, 3.63) is 48.5 Å². The molecule has 2 amide bonds. The summed E-state index contributed by atoms with van der Waals surface area (Å²) in [7, 11) is -1.95. The van der Waals surface area contributed by atoms with Crippen molar-refractivity contribution in [1.29, 1.82) is 0 Å². The van der Waals surface area contributed by atoms with E-state index in [1.807, 2.05) is 0 Å². The Morgan fingerprint density at radius 3 is 2.62 bits per heavy atom. The number of ether oxygens (including phenoxy) is 1. The van der Waals surface area contributed by atoms with Crippen molar-refractivity contribution in [3.63, 3.8) is 0 Å². The minimum Gasteiger partial charge on any atom is -0.492 e. The highest BCUT2D eigenvalue weighted by Gasteiger charge is 2.41. The molecule has 1 aliphatic heterocycles. The third kappa shape index (κ3) is 3.36. The van der Waals surface area contributed by atoms with Gasteiger partial charge < -0.3 is 15.4 Å². The van der Waals surface area contributed by atoms with E-state index in [-0.39, 0.29) is 0 Å². The van der Waals surface area contributed by atoms with Crippen LogP contribution >= 0.6 is 0 Å². The van der Waals surface area contributed by atoms with E-state index in [9.17, 15) is 18.6 Å². The SMILES string of the molecule is CCOc1ccccc1NC(=O)C(=O)[C@H]1C(=O)Nc2ccccc2[S@@]1=O. The highest BCUT2D eigenvalue weighted by Crippen LogP contribution is 2.28. The van der Waals surface area contributed by atoms with Gasteiger partial charge in [-0.2, -0.15) is 0 Å². The Bertz CT molecular complexity index is 912. The zero-order valence-corrected chi connectivity index (χ0v) is 14.7. The van der Waals surface area contributed by atoms with Crippen LogP contribution in [0.2, 0.25) is 0 Å². The average Bonchev–Trinajstić information content (AvgIpc) is 2.63. The van der Waals surface area contributed by atoms with Crippen molar-refractivity contribution in [3.8, 4) is 5.75 Å². The second-order valence-electron chi connectivity index (χ2n) is 5.41. The molecule has 2 aromatic rings. The van der Waals surface area contributed by atoms with Crippen LogP contribution in [0.1, 0.15) is 6.92 Å². The molecule has 0 saturated heterocycles. The van der Waals surface area contributed by atoms with E-state index >= 15 is 0 Å². The van der Waals surface area contributed by atoms with Crippen LogP contribution < -0.4 is 15.4 Å². The van der Waals surface area contributed by atoms with Crippen molar-refractivity contribution in [2.45, 2.75) is 17.1 Å². The lowest BCUT2D eigenvalue weighted by Crippen LogP contribution is -2.46. The summed E-state index contributed by atoms with van der Waals surface area (Å²) >= 11 is 0. The Hall–Kier alpha value is -3.00. The largest absolute Gasteiger partial charge is 0.492 e. The van der Waals surface area contributed by atoms with Crippen LogP contribution in [0.5, 0.6) is 5.75 Å². The average molecular weight is 372 g/mol. The van der Waals surface area contributed by atoms with Gasteiger partial charge >= 0.3 is 0 Å². The summed E-state index contributed by atoms with van der Waals surface area (Å²) in [6, 6.07) is 13.1. The van der Waals surface area contributed by atoms with Crippen LogP contribution in [0, 0.1) is 0 Å². The summed E-state index contributed by atoms with van der Waals surface area (Å²) in [5, 5.41) is 3.35. The first-order chi connectivity index (χ1) is 12.5. The fourth-order valence-corrected chi connectivity index (χ4v) is 3.90. The second kappa shape index (κ2) is 7.49. The monoisotopic (exact) mass is 372 g/mol. The molecule has 2 atom stereocenters. The summed E-state index contributed by atoms with van der Waals surface area (Å²) in [4.78, 5) is 37.4. The van der Waals surface area contributed by atoms with Gasteiger partial charge in [-0.25, -0.2) is 0 Å². The maximum absolute atomic E-state index is 12.6. The second-order valence-corrected chi connectivity index (χ2v) is 6.92. The molecule has 0 saturated carbocycles. The molecular weight excluding hydrogens is 356 g/mol. The molecule has 0 radical (unpaired) electrons. The Morgan fingerprint density at radius 2 is 1.85 bits per heavy atom. The number of fused-ring (bicyclic) bond motifs is 1. The third-order valence-corrected chi connectivity index (χ3v) is 5.36. The molecule has 7 nitrogen and oxygen atoms in total. The number of anilines is 2. The number of para-hydroxylation sites is 3. The zero-order chi connectivity index (χ0) is 18.7. The van der Waals surface area contributed by atoms with Crippen molar-refractivity contribution in [2.24, 2.45) is 0 Å². The first kappa shape index (κ1) is 17.8. The fourth-order valence-electron chi connectivity index (χ4n) is 2.54. The van der Waals surface area contributed by atoms with Gasteiger partial charge in [-0.1, -0.05) is 24.3 Å². The summed E-state index contributed by atoms with van der Waals surface area (Å²) in [6.45, 7) is 2.17. The molecule has 134 valence electrons. The maximum atomic E-state index is 12.6. The molecule has 1 aliphatic rings. The van der Waals surface area contributed by atoms with Gasteiger partial charge in [-0.15, -0.1) is 0 Å². The van der Waals surface area contributed by atoms with Gasteiger partial charge in [0.05, 0.1) is 33.7 Å². The molecule has 0 spiro atoms. The number of ketones is 1. The number of Topliss-reactive ketones (excluding diaryl/α,β-unsaturated/α-hetero) is 1. The maximum Gasteiger partial charge on any atom is 0.293 e. The molecule has 0 unspecified atom stereocenters. The smallest absolute Gasteiger partial charge is 0.293 e. The predicted molar refractivity (Wildman–Crippen MR) is 96.5 cm³/mol. The van der Waals surface area contributed by atoms with Crippen LogP contribution in [0.4, 0.5) is 11.4 Å². The number of amides is 2.